The number of benzene rings is 1. The van der Waals surface area contributed by atoms with Crippen molar-refractivity contribution in [1.29, 1.82) is 5.26 Å². The number of pyridine rings is 2. The van der Waals surface area contributed by atoms with Crippen molar-refractivity contribution >= 4 is 28.1 Å². The highest BCUT2D eigenvalue weighted by molar-refractivity contribution is 5.95. The molecule has 0 amide bonds. The van der Waals surface area contributed by atoms with Crippen LogP contribution < -0.4 is 20.4 Å². The van der Waals surface area contributed by atoms with Gasteiger partial charge in [-0.25, -0.2) is 4.98 Å². The molecule has 204 valence electrons. The van der Waals surface area contributed by atoms with Crippen molar-refractivity contribution in [2.75, 3.05) is 73.6 Å². The number of nitrogens with zero attached hydrogens (tertiary/aromatic N) is 7. The number of ether oxygens (including phenoxy) is 1. The maximum Gasteiger partial charge on any atom is 0.129 e. The Morgan fingerprint density at radius 3 is 2.62 bits per heavy atom. The fourth-order valence-electron chi connectivity index (χ4n) is 6.30. The van der Waals surface area contributed by atoms with E-state index >= 15 is 0 Å². The van der Waals surface area contributed by atoms with Gasteiger partial charge in [-0.3, -0.25) is 9.88 Å². The average molecular weight is 528 g/mol. The molecule has 0 spiro atoms. The molecule has 2 atom stereocenters. The van der Waals surface area contributed by atoms with Gasteiger partial charge in [0.1, 0.15) is 11.9 Å². The van der Waals surface area contributed by atoms with Crippen molar-refractivity contribution in [2.24, 2.45) is 5.73 Å². The number of morpholine rings is 1. The summed E-state index contributed by atoms with van der Waals surface area (Å²) in [5.41, 5.74) is 10.7. The standard InChI is InChI=1S/C30H38N8O/c1-21-13-28(38-19-30(3,32)20-38)34-15-27(21)36-11-9-35(10-12-36)17-24-18-37(16-22(2)39-24)26-7-6-23(14-31)29-25(26)5-4-8-33-29/h4-8,13,15,22,24H,9-12,16-20,32H2,1-3H3/t22-,24+/m1/s1/i8D. The van der Waals surface area contributed by atoms with Gasteiger partial charge in [-0.2, -0.15) is 5.26 Å². The molecule has 6 rings (SSSR count). The van der Waals surface area contributed by atoms with Crippen molar-refractivity contribution < 1.29 is 6.11 Å². The van der Waals surface area contributed by atoms with Crippen LogP contribution in [0.1, 0.15) is 26.3 Å². The van der Waals surface area contributed by atoms with E-state index in [0.717, 1.165) is 75.8 Å². The SMILES string of the molecule is [2H]c1ccc2c(N3C[C@H](CN4CCN(c5cnc(N6CC(C)(N)C6)cc5C)CC4)O[C@H](C)C3)ccc(C#N)c2n1. The van der Waals surface area contributed by atoms with Gasteiger partial charge in [0.25, 0.3) is 0 Å². The molecule has 3 aromatic rings. The molecular weight excluding hydrogens is 488 g/mol. The Hall–Kier alpha value is -3.45. The second-order valence-corrected chi connectivity index (χ2v) is 11.7. The Morgan fingerprint density at radius 2 is 1.90 bits per heavy atom. The van der Waals surface area contributed by atoms with Gasteiger partial charge in [0, 0.05) is 81.7 Å². The lowest BCUT2D eigenvalue weighted by atomic mass is 9.94. The van der Waals surface area contributed by atoms with Gasteiger partial charge in [-0.1, -0.05) is 0 Å². The van der Waals surface area contributed by atoms with E-state index in [1.807, 2.05) is 24.4 Å². The minimum absolute atomic E-state index is 0.0804. The van der Waals surface area contributed by atoms with Gasteiger partial charge in [-0.05, 0) is 56.7 Å². The highest BCUT2D eigenvalue weighted by Crippen LogP contribution is 2.31. The maximum atomic E-state index is 9.56. The molecule has 39 heavy (non-hydrogen) atoms. The lowest BCUT2D eigenvalue weighted by Crippen LogP contribution is -2.65. The van der Waals surface area contributed by atoms with Crippen LogP contribution in [0.2, 0.25) is 0 Å². The van der Waals surface area contributed by atoms with Crippen LogP contribution in [-0.4, -0.2) is 91.5 Å². The summed E-state index contributed by atoms with van der Waals surface area (Å²) in [6.07, 6.45) is 2.36. The number of aryl methyl sites for hydroxylation is 1. The lowest BCUT2D eigenvalue weighted by molar-refractivity contribution is -0.0327. The third-order valence-electron chi connectivity index (χ3n) is 8.15. The first-order chi connectivity index (χ1) is 19.2. The summed E-state index contributed by atoms with van der Waals surface area (Å²) in [4.78, 5) is 18.7. The van der Waals surface area contributed by atoms with Gasteiger partial charge in [-0.15, -0.1) is 0 Å². The highest BCUT2D eigenvalue weighted by atomic mass is 16.5. The van der Waals surface area contributed by atoms with E-state index in [0.29, 0.717) is 11.1 Å². The second kappa shape index (κ2) is 10.3. The van der Waals surface area contributed by atoms with Crippen molar-refractivity contribution in [2.45, 2.75) is 38.5 Å². The molecular formula is C30H38N8O. The molecule has 9 nitrogen and oxygen atoms in total. The molecule has 3 saturated heterocycles. The summed E-state index contributed by atoms with van der Waals surface area (Å²) in [6.45, 7) is 14.4. The molecule has 3 aliphatic rings. The summed E-state index contributed by atoms with van der Waals surface area (Å²) < 4.78 is 14.3. The number of fused-ring (bicyclic) bond motifs is 1. The number of aromatic nitrogens is 2. The molecule has 9 heteroatoms. The largest absolute Gasteiger partial charge is 0.370 e. The molecule has 2 aromatic heterocycles. The van der Waals surface area contributed by atoms with Gasteiger partial charge in [0.15, 0.2) is 0 Å². The zero-order valence-corrected chi connectivity index (χ0v) is 23.1. The summed E-state index contributed by atoms with van der Waals surface area (Å²) in [6, 6.07) is 11.9. The number of nitriles is 1. The molecule has 3 fully saturated rings. The Labute approximate surface area is 232 Å². The number of anilines is 3. The minimum Gasteiger partial charge on any atom is -0.370 e. The van der Waals surface area contributed by atoms with E-state index in [4.69, 9.17) is 16.8 Å². The fraction of sp³-hybridized carbons (Fsp3) is 0.500. The van der Waals surface area contributed by atoms with Crippen LogP contribution >= 0.6 is 0 Å². The second-order valence-electron chi connectivity index (χ2n) is 11.7. The quantitative estimate of drug-likeness (QED) is 0.537. The molecule has 0 aliphatic carbocycles. The predicted octanol–water partition coefficient (Wildman–Crippen LogP) is 2.76. The molecule has 0 saturated carbocycles. The first-order valence-electron chi connectivity index (χ1n) is 14.4. The van der Waals surface area contributed by atoms with Gasteiger partial charge < -0.3 is 25.2 Å². The van der Waals surface area contributed by atoms with Crippen LogP contribution in [0.5, 0.6) is 0 Å². The van der Waals surface area contributed by atoms with Crippen molar-refractivity contribution in [1.82, 2.24) is 14.9 Å². The third-order valence-corrected chi connectivity index (χ3v) is 8.15. The van der Waals surface area contributed by atoms with Crippen molar-refractivity contribution in [3.63, 3.8) is 0 Å². The van der Waals surface area contributed by atoms with Crippen molar-refractivity contribution in [3.8, 4) is 6.07 Å². The third kappa shape index (κ3) is 5.24. The monoisotopic (exact) mass is 527 g/mol. The van der Waals surface area contributed by atoms with E-state index in [-0.39, 0.29) is 23.9 Å². The van der Waals surface area contributed by atoms with E-state index in [1.165, 1.54) is 11.3 Å². The van der Waals surface area contributed by atoms with Gasteiger partial charge in [0.2, 0.25) is 0 Å². The summed E-state index contributed by atoms with van der Waals surface area (Å²) in [7, 11) is 0. The Bertz CT molecular complexity index is 1440. The van der Waals surface area contributed by atoms with Crippen LogP contribution in [0, 0.1) is 18.3 Å². The Kier molecular flexibility index (Phi) is 6.47. The topological polar surface area (TPSA) is 97.8 Å². The number of nitrogens with two attached hydrogens (primary N) is 1. The molecule has 5 heterocycles. The zero-order valence-electron chi connectivity index (χ0n) is 24.1. The summed E-state index contributed by atoms with van der Waals surface area (Å²) in [5.74, 6) is 1.02. The molecule has 0 unspecified atom stereocenters. The van der Waals surface area contributed by atoms with Gasteiger partial charge in [0.05, 0.1) is 36.5 Å². The smallest absolute Gasteiger partial charge is 0.129 e. The minimum atomic E-state index is -0.110. The number of rotatable bonds is 5. The molecule has 2 N–H and O–H groups in total. The Balaban J connectivity index is 1.09. The summed E-state index contributed by atoms with van der Waals surface area (Å²) in [5, 5.41) is 10.5. The van der Waals surface area contributed by atoms with Crippen LogP contribution in [0.4, 0.5) is 17.2 Å². The van der Waals surface area contributed by atoms with E-state index < -0.39 is 0 Å². The lowest BCUT2D eigenvalue weighted by Gasteiger charge is -2.46. The van der Waals surface area contributed by atoms with Crippen molar-refractivity contribution in [3.05, 3.63) is 53.8 Å². The normalized spacial score (nSPS) is 23.9. The zero-order chi connectivity index (χ0) is 28.0. The van der Waals surface area contributed by atoms with E-state index in [9.17, 15) is 5.26 Å². The molecule has 1 aromatic carbocycles. The van der Waals surface area contributed by atoms with Crippen LogP contribution in [0.15, 0.2) is 42.7 Å². The fourth-order valence-corrected chi connectivity index (χ4v) is 6.30. The first-order valence-corrected chi connectivity index (χ1v) is 13.9. The number of hydrogen-bond acceptors (Lipinski definition) is 9. The van der Waals surface area contributed by atoms with E-state index in [2.05, 4.69) is 57.5 Å². The Morgan fingerprint density at radius 1 is 1.10 bits per heavy atom. The first kappa shape index (κ1) is 24.6. The van der Waals surface area contributed by atoms with Crippen LogP contribution in [0.3, 0.4) is 0 Å². The highest BCUT2D eigenvalue weighted by Gasteiger charge is 2.36. The van der Waals surface area contributed by atoms with E-state index in [1.54, 1.807) is 6.07 Å². The summed E-state index contributed by atoms with van der Waals surface area (Å²) >= 11 is 0. The number of hydrogen-bond donors (Lipinski definition) is 1. The molecule has 3 aliphatic heterocycles. The average Bonchev–Trinajstić information content (AvgIpc) is 2.91. The number of piperazine rings is 1. The van der Waals surface area contributed by atoms with Crippen LogP contribution in [0.25, 0.3) is 10.9 Å². The molecule has 0 bridgehead atoms. The van der Waals surface area contributed by atoms with Gasteiger partial charge >= 0.3 is 0 Å². The maximum absolute atomic E-state index is 9.56. The molecule has 0 radical (unpaired) electrons. The van der Waals surface area contributed by atoms with Crippen LogP contribution in [-0.2, 0) is 4.74 Å². The predicted molar refractivity (Wildman–Crippen MR) is 155 cm³/mol.